The van der Waals surface area contributed by atoms with Gasteiger partial charge in [-0.1, -0.05) is 0 Å². The van der Waals surface area contributed by atoms with Gasteiger partial charge in [0.05, 0.1) is 24.5 Å². The van der Waals surface area contributed by atoms with E-state index in [4.69, 9.17) is 4.74 Å². The van der Waals surface area contributed by atoms with Gasteiger partial charge in [0, 0.05) is 32.1 Å². The number of benzene rings is 1. The molecule has 2 aromatic heterocycles. The van der Waals surface area contributed by atoms with Crippen molar-refractivity contribution in [2.75, 3.05) is 13.2 Å². The molecule has 1 amide bonds. The molecule has 0 aliphatic carbocycles. The number of carbonyl (C=O) groups is 1. The molecule has 7 nitrogen and oxygen atoms in total. The molecule has 0 saturated carbocycles. The standard InChI is InChI=1S/C17H18N5O2/c1-21-11-14(9-19-21)13-4-3-5-16(8-13)24-7-6-18-17(23)15-10-20-22(2)12-15/h4-5,8-12H,6-7H2,1-2H3,(H,18,23). The summed E-state index contributed by atoms with van der Waals surface area (Å²) in [6.07, 6.45) is 6.92. The predicted molar refractivity (Wildman–Crippen MR) is 88.5 cm³/mol. The van der Waals surface area contributed by atoms with Crippen LogP contribution in [-0.4, -0.2) is 38.6 Å². The van der Waals surface area contributed by atoms with E-state index in [0.717, 1.165) is 11.1 Å². The van der Waals surface area contributed by atoms with Crippen LogP contribution in [0.15, 0.2) is 43.0 Å². The van der Waals surface area contributed by atoms with Gasteiger partial charge in [0.15, 0.2) is 0 Å². The number of aromatic nitrogens is 4. The molecule has 0 spiro atoms. The van der Waals surface area contributed by atoms with Gasteiger partial charge < -0.3 is 10.1 Å². The molecule has 1 aromatic carbocycles. The van der Waals surface area contributed by atoms with E-state index in [0.29, 0.717) is 24.5 Å². The Bertz CT molecular complexity index is 837. The van der Waals surface area contributed by atoms with Gasteiger partial charge in [0.25, 0.3) is 5.91 Å². The molecular weight excluding hydrogens is 306 g/mol. The fourth-order valence-corrected chi connectivity index (χ4v) is 2.24. The molecule has 0 unspecified atom stereocenters. The van der Waals surface area contributed by atoms with Crippen molar-refractivity contribution in [2.24, 2.45) is 14.1 Å². The molecule has 0 fully saturated rings. The van der Waals surface area contributed by atoms with E-state index in [1.54, 1.807) is 34.9 Å². The van der Waals surface area contributed by atoms with Crippen LogP contribution in [0.3, 0.4) is 0 Å². The maximum Gasteiger partial charge on any atom is 0.254 e. The van der Waals surface area contributed by atoms with Crippen molar-refractivity contribution in [2.45, 2.75) is 0 Å². The van der Waals surface area contributed by atoms with Gasteiger partial charge in [-0.25, -0.2) is 0 Å². The van der Waals surface area contributed by atoms with E-state index < -0.39 is 0 Å². The summed E-state index contributed by atoms with van der Waals surface area (Å²) in [5.74, 6) is 0.536. The summed E-state index contributed by atoms with van der Waals surface area (Å²) in [5.41, 5.74) is 2.52. The van der Waals surface area contributed by atoms with Crippen molar-refractivity contribution in [3.05, 3.63) is 54.6 Å². The molecule has 0 aliphatic heterocycles. The smallest absolute Gasteiger partial charge is 0.254 e. The summed E-state index contributed by atoms with van der Waals surface area (Å²) in [4.78, 5) is 11.9. The zero-order valence-electron chi connectivity index (χ0n) is 13.6. The monoisotopic (exact) mass is 324 g/mol. The highest BCUT2D eigenvalue weighted by atomic mass is 16.5. The Morgan fingerprint density at radius 3 is 2.67 bits per heavy atom. The Morgan fingerprint density at radius 2 is 1.96 bits per heavy atom. The van der Waals surface area contributed by atoms with Crippen molar-refractivity contribution in [3.63, 3.8) is 0 Å². The second-order valence-electron chi connectivity index (χ2n) is 5.37. The highest BCUT2D eigenvalue weighted by Crippen LogP contribution is 2.22. The number of carbonyl (C=O) groups excluding carboxylic acids is 1. The van der Waals surface area contributed by atoms with Crippen molar-refractivity contribution in [1.82, 2.24) is 24.9 Å². The molecule has 1 radical (unpaired) electrons. The van der Waals surface area contributed by atoms with E-state index in [2.05, 4.69) is 21.6 Å². The molecule has 3 aromatic rings. The predicted octanol–water partition coefficient (Wildman–Crippen LogP) is 1.43. The van der Waals surface area contributed by atoms with Crippen LogP contribution in [0.2, 0.25) is 0 Å². The Labute approximate surface area is 139 Å². The number of hydrogen-bond donors (Lipinski definition) is 1. The lowest BCUT2D eigenvalue weighted by Crippen LogP contribution is -2.27. The van der Waals surface area contributed by atoms with E-state index in [1.165, 1.54) is 6.20 Å². The van der Waals surface area contributed by atoms with E-state index in [1.807, 2.05) is 25.4 Å². The number of aryl methyl sites for hydroxylation is 2. The fraction of sp³-hybridized carbons (Fsp3) is 0.235. The zero-order chi connectivity index (χ0) is 16.9. The second kappa shape index (κ2) is 6.99. The average Bonchev–Trinajstić information content (AvgIpc) is 3.20. The van der Waals surface area contributed by atoms with Crippen LogP contribution in [0.5, 0.6) is 5.75 Å². The topological polar surface area (TPSA) is 74.0 Å². The number of nitrogens with zero attached hydrogens (tertiary/aromatic N) is 4. The minimum Gasteiger partial charge on any atom is -0.492 e. The van der Waals surface area contributed by atoms with E-state index in [-0.39, 0.29) is 5.91 Å². The molecule has 0 atom stereocenters. The molecule has 123 valence electrons. The first-order chi connectivity index (χ1) is 11.6. The number of nitrogens with one attached hydrogen (secondary N) is 1. The lowest BCUT2D eigenvalue weighted by Gasteiger charge is -2.08. The molecular formula is C17H18N5O2. The minimum absolute atomic E-state index is 0.164. The van der Waals surface area contributed by atoms with Gasteiger partial charge in [-0.2, -0.15) is 10.2 Å². The molecule has 0 saturated heterocycles. The second-order valence-corrected chi connectivity index (χ2v) is 5.37. The number of hydrogen-bond acceptors (Lipinski definition) is 4. The van der Waals surface area contributed by atoms with Crippen LogP contribution >= 0.6 is 0 Å². The van der Waals surface area contributed by atoms with Crippen LogP contribution in [0, 0.1) is 6.07 Å². The molecule has 0 aliphatic rings. The number of rotatable bonds is 6. The highest BCUT2D eigenvalue weighted by molar-refractivity contribution is 5.93. The summed E-state index contributed by atoms with van der Waals surface area (Å²) >= 11 is 0. The largest absolute Gasteiger partial charge is 0.492 e. The third-order valence-electron chi connectivity index (χ3n) is 3.42. The van der Waals surface area contributed by atoms with Crippen LogP contribution in [0.4, 0.5) is 0 Å². The summed E-state index contributed by atoms with van der Waals surface area (Å²) < 4.78 is 9.01. The summed E-state index contributed by atoms with van der Waals surface area (Å²) in [6, 6.07) is 8.63. The van der Waals surface area contributed by atoms with Crippen molar-refractivity contribution >= 4 is 5.91 Å². The van der Waals surface area contributed by atoms with Gasteiger partial charge >= 0.3 is 0 Å². The van der Waals surface area contributed by atoms with E-state index >= 15 is 0 Å². The molecule has 1 N–H and O–H groups in total. The Morgan fingerprint density at radius 1 is 1.17 bits per heavy atom. The van der Waals surface area contributed by atoms with Crippen LogP contribution in [0.25, 0.3) is 11.1 Å². The maximum absolute atomic E-state index is 11.9. The Hall–Kier alpha value is -3.09. The molecule has 0 bridgehead atoms. The third-order valence-corrected chi connectivity index (χ3v) is 3.42. The van der Waals surface area contributed by atoms with Gasteiger partial charge in [0.2, 0.25) is 0 Å². The van der Waals surface area contributed by atoms with Crippen LogP contribution < -0.4 is 10.1 Å². The zero-order valence-corrected chi connectivity index (χ0v) is 13.6. The summed E-state index contributed by atoms with van der Waals surface area (Å²) in [7, 11) is 3.64. The van der Waals surface area contributed by atoms with Crippen LogP contribution in [-0.2, 0) is 14.1 Å². The fourth-order valence-electron chi connectivity index (χ4n) is 2.24. The molecule has 7 heteroatoms. The first-order valence-electron chi connectivity index (χ1n) is 7.51. The van der Waals surface area contributed by atoms with Gasteiger partial charge in [-0.05, 0) is 29.8 Å². The number of amides is 1. The van der Waals surface area contributed by atoms with Crippen molar-refractivity contribution < 1.29 is 9.53 Å². The quantitative estimate of drug-likeness (QED) is 0.696. The average molecular weight is 324 g/mol. The lowest BCUT2D eigenvalue weighted by molar-refractivity contribution is 0.0947. The van der Waals surface area contributed by atoms with Gasteiger partial charge in [-0.3, -0.25) is 14.2 Å². The SMILES string of the molecule is Cn1cc(C(=O)NCCOc2c[c]cc(-c3cnn(C)c3)c2)cn1. The highest BCUT2D eigenvalue weighted by Gasteiger charge is 2.07. The third kappa shape index (κ3) is 3.81. The van der Waals surface area contributed by atoms with Crippen molar-refractivity contribution in [3.8, 4) is 16.9 Å². The van der Waals surface area contributed by atoms with Crippen molar-refractivity contribution in [1.29, 1.82) is 0 Å². The maximum atomic E-state index is 11.9. The molecule has 3 rings (SSSR count). The van der Waals surface area contributed by atoms with Gasteiger partial charge in [-0.15, -0.1) is 0 Å². The summed E-state index contributed by atoms with van der Waals surface area (Å²) in [6.45, 7) is 0.779. The van der Waals surface area contributed by atoms with E-state index in [9.17, 15) is 4.79 Å². The first kappa shape index (κ1) is 15.8. The van der Waals surface area contributed by atoms with Crippen LogP contribution in [0.1, 0.15) is 10.4 Å². The lowest BCUT2D eigenvalue weighted by atomic mass is 10.1. The Balaban J connectivity index is 1.51. The molecule has 2 heterocycles. The molecule has 24 heavy (non-hydrogen) atoms. The van der Waals surface area contributed by atoms with Gasteiger partial charge in [0.1, 0.15) is 12.4 Å². The first-order valence-corrected chi connectivity index (χ1v) is 7.51. The normalized spacial score (nSPS) is 10.6. The number of ether oxygens (including phenoxy) is 1. The Kier molecular flexibility index (Phi) is 4.60. The minimum atomic E-state index is -0.164. The summed E-state index contributed by atoms with van der Waals surface area (Å²) in [5, 5.41) is 10.9.